The van der Waals surface area contributed by atoms with Crippen LogP contribution in [-0.4, -0.2) is 74.7 Å². The van der Waals surface area contributed by atoms with Crippen LogP contribution in [0.25, 0.3) is 11.0 Å². The zero-order valence-electron chi connectivity index (χ0n) is 46.8. The van der Waals surface area contributed by atoms with Crippen molar-refractivity contribution in [1.82, 2.24) is 9.55 Å². The largest absolute Gasteiger partial charge is 0.392 e. The van der Waals surface area contributed by atoms with Crippen LogP contribution in [0.1, 0.15) is 229 Å². The first-order chi connectivity index (χ1) is 35.8. The number of aromatic nitrogens is 2. The molecule has 2 saturated heterocycles. The summed E-state index contributed by atoms with van der Waals surface area (Å²) >= 11 is 0. The van der Waals surface area contributed by atoms with Crippen molar-refractivity contribution in [3.63, 3.8) is 0 Å². The molecule has 5 heterocycles. The third kappa shape index (κ3) is 7.29. The van der Waals surface area contributed by atoms with Crippen LogP contribution in [0.2, 0.25) is 0 Å². The van der Waals surface area contributed by atoms with E-state index >= 15 is 9.59 Å². The molecular weight excluding hydrogens is 933 g/mol. The molecule has 1 aromatic carbocycles. The summed E-state index contributed by atoms with van der Waals surface area (Å²) in [5.74, 6) is 1.02. The number of ketones is 2. The van der Waals surface area contributed by atoms with Gasteiger partial charge < -0.3 is 34.0 Å². The number of H-pyrrole nitrogens is 1. The van der Waals surface area contributed by atoms with Crippen molar-refractivity contribution >= 4 is 28.9 Å². The minimum Gasteiger partial charge on any atom is -0.392 e. The fourth-order valence-electron chi connectivity index (χ4n) is 21.1. The van der Waals surface area contributed by atoms with E-state index in [0.717, 1.165) is 116 Å². The molecule has 12 atom stereocenters. The molecule has 0 radical (unpaired) electrons. The number of ether oxygens (including phenoxy) is 2. The molecule has 0 amide bonds. The lowest BCUT2D eigenvalue weighted by atomic mass is 9.29. The van der Waals surface area contributed by atoms with Gasteiger partial charge in [0.1, 0.15) is 18.2 Å². The van der Waals surface area contributed by atoms with Gasteiger partial charge in [0.2, 0.25) is 0 Å². The number of fused-ring (bicyclic) bond motifs is 5. The number of benzene rings is 1. The molecule has 9 nitrogen and oxygen atoms in total. The summed E-state index contributed by atoms with van der Waals surface area (Å²) in [6, 6.07) is 7.18. The minimum absolute atomic E-state index is 0.146. The summed E-state index contributed by atoms with van der Waals surface area (Å²) in [7, 11) is 0. The standard InChI is InChI=1S/C66H90N2O7/c1-60(2)59(75-60)50(71)32-61(3)25-19-41-35-67-55-46(48(38-69)44-30-42(39-15-9-8-10-16-39)29-43(31-44)40-21-27-74-28-22-40)36-68(56(41)55)37-47-53-54(61)49(70)33-63(53,5)62(4)26-20-51-64(6,45-17-11-12-18-45)52(72)34-66(23-13-14-24-66)65(51,7)58(62)57(47)73/h29-31,35-36,38-40,45,47-48,50-51,57-59,67,71,73H,8-28,32-34,37H2,1-7H3. The van der Waals surface area contributed by atoms with Crippen LogP contribution in [0.4, 0.5) is 0 Å². The second-order valence-corrected chi connectivity index (χ2v) is 29.0. The highest BCUT2D eigenvalue weighted by molar-refractivity contribution is 6.02. The highest BCUT2D eigenvalue weighted by Gasteiger charge is 2.78. The molecule has 3 aromatic rings. The van der Waals surface area contributed by atoms with Crippen LogP contribution in [-0.2, 0) is 36.8 Å². The second-order valence-electron chi connectivity index (χ2n) is 29.0. The van der Waals surface area contributed by atoms with Crippen molar-refractivity contribution in [3.8, 4) is 0 Å². The van der Waals surface area contributed by atoms with Crippen LogP contribution < -0.4 is 0 Å². The van der Waals surface area contributed by atoms with E-state index in [1.807, 2.05) is 13.8 Å². The number of nitrogens with zero attached hydrogens (tertiary/aromatic N) is 1. The van der Waals surface area contributed by atoms with E-state index in [4.69, 9.17) is 9.47 Å². The van der Waals surface area contributed by atoms with Gasteiger partial charge in [-0.2, -0.15) is 0 Å². The van der Waals surface area contributed by atoms with Crippen LogP contribution >= 0.6 is 0 Å². The Balaban J connectivity index is 0.993. The van der Waals surface area contributed by atoms with E-state index in [-0.39, 0.29) is 34.6 Å². The van der Waals surface area contributed by atoms with E-state index in [1.54, 1.807) is 0 Å². The summed E-state index contributed by atoms with van der Waals surface area (Å²) in [5, 5.41) is 26.6. The fraction of sp³-hybridized carbons (Fsp3) is 0.742. The Labute approximate surface area is 447 Å². The highest BCUT2D eigenvalue weighted by Crippen LogP contribution is 2.81. The maximum atomic E-state index is 15.8. The Morgan fingerprint density at radius 3 is 2.15 bits per heavy atom. The molecule has 1 spiro atoms. The van der Waals surface area contributed by atoms with Crippen molar-refractivity contribution in [2.75, 3.05) is 13.2 Å². The van der Waals surface area contributed by atoms with Crippen LogP contribution in [0.3, 0.4) is 0 Å². The number of nitrogens with one attached hydrogen (secondary N) is 1. The lowest BCUT2D eigenvalue weighted by Crippen LogP contribution is -2.73. The topological polar surface area (TPSA) is 134 Å². The Bertz CT molecular complexity index is 2770. The number of aliphatic hydroxyl groups is 2. The van der Waals surface area contributed by atoms with Gasteiger partial charge in [-0.15, -0.1) is 0 Å². The number of aldehydes is 1. The highest BCUT2D eigenvalue weighted by atomic mass is 16.6. The first-order valence-corrected chi connectivity index (χ1v) is 30.5. The number of hydrogen-bond acceptors (Lipinski definition) is 7. The van der Waals surface area contributed by atoms with E-state index in [9.17, 15) is 15.0 Å². The number of rotatable bonds is 9. The first-order valence-electron chi connectivity index (χ1n) is 30.5. The SMILES string of the molecule is CC1(CC(O)C2OC2(C)C)CCc2c[nH]c3c(C(C=O)c4cc(C5CCCCC5)cc(C5CCOCC5)c4)cn(c23)CC2C3=C1C(=O)CC3(C)C1(C)CCC3C(C)(C4CCCC4)C(=O)CC4(CCCC4)C3(C)C1C2O. The smallest absolute Gasteiger partial charge is 0.160 e. The molecule has 8 fully saturated rings. The average Bonchev–Trinajstić information content (AvgIpc) is 4.20. The Morgan fingerprint density at radius 2 is 1.48 bits per heavy atom. The summed E-state index contributed by atoms with van der Waals surface area (Å²) in [6.07, 6.45) is 25.3. The second kappa shape index (κ2) is 17.8. The zero-order valence-corrected chi connectivity index (χ0v) is 46.8. The van der Waals surface area contributed by atoms with E-state index in [2.05, 4.69) is 74.8 Å². The van der Waals surface area contributed by atoms with Crippen molar-refractivity contribution in [2.24, 2.45) is 56.2 Å². The van der Waals surface area contributed by atoms with Crippen molar-refractivity contribution in [1.29, 1.82) is 0 Å². The molecule has 10 aliphatic rings. The Kier molecular flexibility index (Phi) is 12.1. The molecule has 3 aliphatic heterocycles. The van der Waals surface area contributed by atoms with Crippen molar-refractivity contribution < 1.29 is 34.1 Å². The van der Waals surface area contributed by atoms with Gasteiger partial charge in [-0.05, 0) is 176 Å². The normalized spacial score (nSPS) is 39.7. The lowest BCUT2D eigenvalue weighted by Gasteiger charge is -2.74. The number of aryl methyl sites for hydroxylation is 1. The van der Waals surface area contributed by atoms with Gasteiger partial charge in [-0.1, -0.05) is 97.8 Å². The molecule has 0 bridgehead atoms. The first kappa shape index (κ1) is 51.1. The average molecular weight is 1020 g/mol. The summed E-state index contributed by atoms with van der Waals surface area (Å²) in [5.41, 5.74) is 6.85. The Morgan fingerprint density at radius 1 is 0.813 bits per heavy atom. The quantitative estimate of drug-likeness (QED) is 0.144. The minimum atomic E-state index is -0.788. The van der Waals surface area contributed by atoms with Crippen molar-refractivity contribution in [2.45, 2.75) is 238 Å². The van der Waals surface area contributed by atoms with E-state index in [1.165, 1.54) is 62.4 Å². The number of aromatic amines is 1. The number of Topliss-reactive ketones (excluding diaryl/α,β-unsaturated/α-hetero) is 2. The molecular formula is C66H90N2O7. The van der Waals surface area contributed by atoms with Crippen molar-refractivity contribution in [3.05, 3.63) is 69.6 Å². The number of allylic oxidation sites excluding steroid dienone is 1. The number of hydrogen-bond donors (Lipinski definition) is 3. The van der Waals surface area contributed by atoms with Gasteiger partial charge >= 0.3 is 0 Å². The monoisotopic (exact) mass is 1020 g/mol. The molecule has 9 heteroatoms. The van der Waals surface area contributed by atoms with Crippen LogP contribution in [0.15, 0.2) is 41.7 Å². The molecule has 6 saturated carbocycles. The van der Waals surface area contributed by atoms with Gasteiger partial charge in [-0.3, -0.25) is 9.59 Å². The third-order valence-electron chi connectivity index (χ3n) is 25.2. The predicted molar refractivity (Wildman–Crippen MR) is 293 cm³/mol. The maximum absolute atomic E-state index is 15.8. The van der Waals surface area contributed by atoms with E-state index < -0.39 is 51.3 Å². The Hall–Kier alpha value is -3.37. The van der Waals surface area contributed by atoms with Gasteiger partial charge in [0.25, 0.3) is 0 Å². The summed E-state index contributed by atoms with van der Waals surface area (Å²) in [4.78, 5) is 48.9. The number of carbonyl (C=O) groups is 3. The van der Waals surface area contributed by atoms with Gasteiger partial charge in [0, 0.05) is 72.9 Å². The van der Waals surface area contributed by atoms with Gasteiger partial charge in [0.15, 0.2) is 5.78 Å². The molecule has 406 valence electrons. The van der Waals surface area contributed by atoms with E-state index in [0.29, 0.717) is 62.2 Å². The molecule has 75 heavy (non-hydrogen) atoms. The zero-order chi connectivity index (χ0) is 52.2. The van der Waals surface area contributed by atoms with Gasteiger partial charge in [-0.25, -0.2) is 0 Å². The summed E-state index contributed by atoms with van der Waals surface area (Å²) in [6.45, 7) is 18.2. The molecule has 12 unspecified atom stereocenters. The van der Waals surface area contributed by atoms with Crippen LogP contribution in [0, 0.1) is 56.2 Å². The third-order valence-corrected chi connectivity index (χ3v) is 25.2. The molecule has 7 aliphatic carbocycles. The predicted octanol–water partition coefficient (Wildman–Crippen LogP) is 13.2. The number of carbonyl (C=O) groups excluding carboxylic acids is 3. The number of epoxide rings is 1. The molecule has 2 aromatic heterocycles. The van der Waals surface area contributed by atoms with Crippen LogP contribution in [0.5, 0.6) is 0 Å². The fourth-order valence-corrected chi connectivity index (χ4v) is 21.1. The number of aliphatic hydroxyl groups excluding tert-OH is 2. The molecule has 3 N–H and O–H groups in total. The molecule has 13 rings (SSSR count). The lowest BCUT2D eigenvalue weighted by molar-refractivity contribution is -0.266. The van der Waals surface area contributed by atoms with Gasteiger partial charge in [0.05, 0.1) is 34.8 Å². The summed E-state index contributed by atoms with van der Waals surface area (Å²) < 4.78 is 14.4. The maximum Gasteiger partial charge on any atom is 0.160 e.